The van der Waals surface area contributed by atoms with Crippen molar-refractivity contribution in [3.63, 3.8) is 0 Å². The molecule has 0 heterocycles. The lowest BCUT2D eigenvalue weighted by Gasteiger charge is -2.05. The van der Waals surface area contributed by atoms with Crippen LogP contribution in [-0.2, 0) is 0 Å². The van der Waals surface area contributed by atoms with Crippen molar-refractivity contribution in [3.8, 4) is 17.2 Å². The van der Waals surface area contributed by atoms with Gasteiger partial charge < -0.3 is 14.9 Å². The minimum atomic E-state index is -0.814. The highest BCUT2D eigenvalue weighted by molar-refractivity contribution is 5.97. The third kappa shape index (κ3) is 4.95. The zero-order valence-corrected chi connectivity index (χ0v) is 14.9. The van der Waals surface area contributed by atoms with Gasteiger partial charge >= 0.3 is 5.97 Å². The standard InChI is InChI=1S/C21H15FN2O5/c22-18-4-2-1-3-16(18)21(28)29-15-8-5-13(6-9-15)12-23-24-20(27)17-10-7-14(25)11-19(17)26/h1-12,25-26H,(H,24,27)/b23-12+. The molecule has 0 saturated carbocycles. The molecule has 0 unspecified atom stereocenters. The van der Waals surface area contributed by atoms with Crippen LogP contribution >= 0.6 is 0 Å². The molecule has 0 fully saturated rings. The summed E-state index contributed by atoms with van der Waals surface area (Å²) in [6.45, 7) is 0. The lowest BCUT2D eigenvalue weighted by Crippen LogP contribution is -2.17. The second-order valence-corrected chi connectivity index (χ2v) is 5.84. The zero-order valence-electron chi connectivity index (χ0n) is 14.9. The summed E-state index contributed by atoms with van der Waals surface area (Å²) in [7, 11) is 0. The Bertz CT molecular complexity index is 1080. The van der Waals surface area contributed by atoms with E-state index in [1.165, 1.54) is 54.7 Å². The molecule has 29 heavy (non-hydrogen) atoms. The number of carbonyl (C=O) groups is 2. The van der Waals surface area contributed by atoms with E-state index in [4.69, 9.17) is 4.74 Å². The van der Waals surface area contributed by atoms with Crippen molar-refractivity contribution >= 4 is 18.1 Å². The van der Waals surface area contributed by atoms with E-state index in [-0.39, 0.29) is 28.4 Å². The largest absolute Gasteiger partial charge is 0.508 e. The lowest BCUT2D eigenvalue weighted by molar-refractivity contribution is 0.0729. The molecule has 7 nitrogen and oxygen atoms in total. The molecule has 0 radical (unpaired) electrons. The van der Waals surface area contributed by atoms with Crippen LogP contribution < -0.4 is 10.2 Å². The van der Waals surface area contributed by atoms with E-state index in [1.54, 1.807) is 12.1 Å². The summed E-state index contributed by atoms with van der Waals surface area (Å²) in [5, 5.41) is 22.6. The summed E-state index contributed by atoms with van der Waals surface area (Å²) < 4.78 is 18.7. The number of phenols is 2. The highest BCUT2D eigenvalue weighted by atomic mass is 19.1. The number of aromatic hydroxyl groups is 2. The third-order valence-electron chi connectivity index (χ3n) is 3.79. The Balaban J connectivity index is 1.59. The van der Waals surface area contributed by atoms with Crippen LogP contribution in [0.1, 0.15) is 26.3 Å². The highest BCUT2D eigenvalue weighted by Gasteiger charge is 2.13. The van der Waals surface area contributed by atoms with Crippen LogP contribution in [0.4, 0.5) is 4.39 Å². The van der Waals surface area contributed by atoms with E-state index in [0.29, 0.717) is 5.56 Å². The van der Waals surface area contributed by atoms with Gasteiger partial charge in [0, 0.05) is 6.07 Å². The van der Waals surface area contributed by atoms with Crippen LogP contribution in [0.3, 0.4) is 0 Å². The van der Waals surface area contributed by atoms with Crippen molar-refractivity contribution < 1.29 is 28.9 Å². The van der Waals surface area contributed by atoms with Crippen molar-refractivity contribution in [1.82, 2.24) is 5.43 Å². The summed E-state index contributed by atoms with van der Waals surface area (Å²) in [6.07, 6.45) is 1.35. The maximum Gasteiger partial charge on any atom is 0.346 e. The summed E-state index contributed by atoms with van der Waals surface area (Å²) >= 11 is 0. The Hall–Kier alpha value is -4.20. The van der Waals surface area contributed by atoms with Crippen LogP contribution in [0.25, 0.3) is 0 Å². The average Bonchev–Trinajstić information content (AvgIpc) is 2.69. The summed E-state index contributed by atoms with van der Waals surface area (Å²) in [4.78, 5) is 23.9. The molecule has 8 heteroatoms. The van der Waals surface area contributed by atoms with Gasteiger partial charge in [-0.05, 0) is 54.1 Å². The number of hydrogen-bond donors (Lipinski definition) is 3. The molecule has 0 aliphatic heterocycles. The van der Waals surface area contributed by atoms with Gasteiger partial charge in [-0.25, -0.2) is 14.6 Å². The Morgan fingerprint density at radius 3 is 2.38 bits per heavy atom. The number of halogens is 1. The SMILES string of the molecule is O=C(N/N=C/c1ccc(OC(=O)c2ccccc2F)cc1)c1ccc(O)cc1O. The molecule has 0 aliphatic carbocycles. The molecule has 3 rings (SSSR count). The maximum atomic E-state index is 13.6. The molecule has 0 atom stereocenters. The predicted octanol–water partition coefficient (Wildman–Crippen LogP) is 3.22. The number of carbonyl (C=O) groups excluding carboxylic acids is 2. The van der Waals surface area contributed by atoms with Gasteiger partial charge in [-0.1, -0.05) is 12.1 Å². The van der Waals surface area contributed by atoms with Crippen LogP contribution in [0.15, 0.2) is 71.8 Å². The molecule has 3 N–H and O–H groups in total. The molecule has 0 aliphatic rings. The first-order valence-corrected chi connectivity index (χ1v) is 8.36. The average molecular weight is 394 g/mol. The first-order valence-electron chi connectivity index (χ1n) is 8.36. The topological polar surface area (TPSA) is 108 Å². The number of benzene rings is 3. The van der Waals surface area contributed by atoms with Gasteiger partial charge in [-0.3, -0.25) is 4.79 Å². The number of nitrogens with one attached hydrogen (secondary N) is 1. The quantitative estimate of drug-likeness (QED) is 0.267. The minimum Gasteiger partial charge on any atom is -0.508 e. The van der Waals surface area contributed by atoms with Gasteiger partial charge in [-0.15, -0.1) is 0 Å². The van der Waals surface area contributed by atoms with Crippen molar-refractivity contribution in [1.29, 1.82) is 0 Å². The van der Waals surface area contributed by atoms with Crippen LogP contribution in [-0.4, -0.2) is 28.3 Å². The van der Waals surface area contributed by atoms with Crippen molar-refractivity contribution in [2.75, 3.05) is 0 Å². The van der Waals surface area contributed by atoms with Gasteiger partial charge in [-0.2, -0.15) is 5.10 Å². The molecule has 1 amide bonds. The van der Waals surface area contributed by atoms with Crippen LogP contribution in [0, 0.1) is 5.82 Å². The van der Waals surface area contributed by atoms with E-state index in [9.17, 15) is 24.2 Å². The number of ether oxygens (including phenoxy) is 1. The first kappa shape index (κ1) is 19.6. The monoisotopic (exact) mass is 394 g/mol. The van der Waals surface area contributed by atoms with Gasteiger partial charge in [0.25, 0.3) is 5.91 Å². The molecule has 3 aromatic rings. The molecule has 0 aromatic heterocycles. The normalized spacial score (nSPS) is 10.7. The van der Waals surface area contributed by atoms with Gasteiger partial charge in [0.05, 0.1) is 17.3 Å². The molecule has 0 bridgehead atoms. The maximum absolute atomic E-state index is 13.6. The number of amides is 1. The Morgan fingerprint density at radius 2 is 1.69 bits per heavy atom. The van der Waals surface area contributed by atoms with E-state index in [0.717, 1.165) is 6.07 Å². The Labute approximate surface area is 164 Å². The van der Waals surface area contributed by atoms with E-state index < -0.39 is 17.7 Å². The first-order chi connectivity index (χ1) is 13.9. The number of hydrazone groups is 1. The molecular formula is C21H15FN2O5. The second kappa shape index (κ2) is 8.66. The summed E-state index contributed by atoms with van der Waals surface area (Å²) in [5.41, 5.74) is 2.62. The third-order valence-corrected chi connectivity index (χ3v) is 3.79. The fourth-order valence-corrected chi connectivity index (χ4v) is 2.35. The molecule has 0 spiro atoms. The predicted molar refractivity (Wildman–Crippen MR) is 103 cm³/mol. The molecule has 3 aromatic carbocycles. The van der Waals surface area contributed by atoms with Gasteiger partial charge in [0.15, 0.2) is 0 Å². The summed E-state index contributed by atoms with van der Waals surface area (Å²) in [5.74, 6) is -2.47. The van der Waals surface area contributed by atoms with Crippen molar-refractivity contribution in [3.05, 3.63) is 89.2 Å². The van der Waals surface area contributed by atoms with E-state index in [2.05, 4.69) is 10.5 Å². The number of hydrogen-bond acceptors (Lipinski definition) is 6. The van der Waals surface area contributed by atoms with Crippen LogP contribution in [0.2, 0.25) is 0 Å². The minimum absolute atomic E-state index is 0.0460. The van der Waals surface area contributed by atoms with Gasteiger partial charge in [0.2, 0.25) is 0 Å². The Kier molecular flexibility index (Phi) is 5.84. The number of phenolic OH excluding ortho intramolecular Hbond substituents is 2. The lowest BCUT2D eigenvalue weighted by atomic mass is 10.2. The van der Waals surface area contributed by atoms with Crippen molar-refractivity contribution in [2.24, 2.45) is 5.10 Å². The van der Waals surface area contributed by atoms with Crippen molar-refractivity contribution in [2.45, 2.75) is 0 Å². The number of nitrogens with zero attached hydrogens (tertiary/aromatic N) is 1. The second-order valence-electron chi connectivity index (χ2n) is 5.84. The Morgan fingerprint density at radius 1 is 0.966 bits per heavy atom. The highest BCUT2D eigenvalue weighted by Crippen LogP contribution is 2.22. The molecule has 0 saturated heterocycles. The number of rotatable bonds is 5. The zero-order chi connectivity index (χ0) is 20.8. The molecule has 146 valence electrons. The number of esters is 1. The van der Waals surface area contributed by atoms with E-state index >= 15 is 0 Å². The van der Waals surface area contributed by atoms with Crippen LogP contribution in [0.5, 0.6) is 17.2 Å². The van der Waals surface area contributed by atoms with E-state index in [1.807, 2.05) is 0 Å². The van der Waals surface area contributed by atoms with Gasteiger partial charge in [0.1, 0.15) is 23.1 Å². The summed E-state index contributed by atoms with van der Waals surface area (Å²) in [6, 6.07) is 15.2. The fourth-order valence-electron chi connectivity index (χ4n) is 2.35. The smallest absolute Gasteiger partial charge is 0.346 e. The fraction of sp³-hybridized carbons (Fsp3) is 0. The molecular weight excluding hydrogens is 379 g/mol.